The topological polar surface area (TPSA) is 59.9 Å². The van der Waals surface area contributed by atoms with Gasteiger partial charge in [0.2, 0.25) is 6.79 Å². The molecule has 2 heterocycles. The normalized spacial score (nSPS) is 24.1. The van der Waals surface area contributed by atoms with Crippen LogP contribution in [0.15, 0.2) is 35.3 Å². The fourth-order valence-corrected chi connectivity index (χ4v) is 4.71. The van der Waals surface area contributed by atoms with Crippen LogP contribution in [-0.4, -0.2) is 18.3 Å². The second-order valence-electron chi connectivity index (χ2n) is 9.25. The van der Waals surface area contributed by atoms with Crippen molar-refractivity contribution in [3.63, 3.8) is 0 Å². The number of carbonyl (C=O) groups excluding carboxylic acids is 1. The van der Waals surface area contributed by atoms with Crippen LogP contribution in [-0.2, 0) is 4.79 Å². The number of aryl methyl sites for hydroxylation is 2. The Balaban J connectivity index is 1.67. The van der Waals surface area contributed by atoms with Gasteiger partial charge in [-0.1, -0.05) is 19.9 Å². The highest BCUT2D eigenvalue weighted by molar-refractivity contribution is 6.10. The summed E-state index contributed by atoms with van der Waals surface area (Å²) in [5, 5.41) is 3.66. The maximum atomic E-state index is 13.3. The first-order chi connectivity index (χ1) is 13.8. The van der Waals surface area contributed by atoms with E-state index in [1.54, 1.807) is 0 Å². The molecule has 0 saturated heterocycles. The number of rotatable bonds is 1. The molecular formula is C24H26N2O3. The van der Waals surface area contributed by atoms with Crippen molar-refractivity contribution in [2.75, 3.05) is 12.1 Å². The van der Waals surface area contributed by atoms with Gasteiger partial charge in [0.1, 0.15) is 5.78 Å². The first-order valence-electron chi connectivity index (χ1n) is 10.2. The van der Waals surface area contributed by atoms with Gasteiger partial charge in [-0.05, 0) is 66.6 Å². The molecule has 0 spiro atoms. The van der Waals surface area contributed by atoms with Gasteiger partial charge in [-0.15, -0.1) is 0 Å². The monoisotopic (exact) mass is 390 g/mol. The van der Waals surface area contributed by atoms with E-state index in [9.17, 15) is 4.79 Å². The second kappa shape index (κ2) is 6.34. The molecular weight excluding hydrogens is 364 g/mol. The maximum Gasteiger partial charge on any atom is 0.231 e. The third-order valence-corrected chi connectivity index (χ3v) is 6.29. The fourth-order valence-electron chi connectivity index (χ4n) is 4.71. The van der Waals surface area contributed by atoms with E-state index in [1.165, 1.54) is 11.1 Å². The smallest absolute Gasteiger partial charge is 0.231 e. The van der Waals surface area contributed by atoms with Crippen molar-refractivity contribution in [2.45, 2.75) is 46.6 Å². The van der Waals surface area contributed by atoms with E-state index in [0.717, 1.165) is 40.6 Å². The predicted octanol–water partition coefficient (Wildman–Crippen LogP) is 5.28. The molecule has 5 rings (SSSR count). The van der Waals surface area contributed by atoms with Gasteiger partial charge < -0.3 is 14.8 Å². The summed E-state index contributed by atoms with van der Waals surface area (Å²) >= 11 is 0. The Bertz CT molecular complexity index is 1050. The fraction of sp³-hybridized carbons (Fsp3) is 0.417. The number of ether oxygens (including phenoxy) is 2. The second-order valence-corrected chi connectivity index (χ2v) is 9.25. The summed E-state index contributed by atoms with van der Waals surface area (Å²) in [7, 11) is 0. The number of nitrogens with zero attached hydrogens (tertiary/aromatic N) is 1. The van der Waals surface area contributed by atoms with Crippen LogP contribution in [0.3, 0.4) is 0 Å². The largest absolute Gasteiger partial charge is 0.454 e. The Morgan fingerprint density at radius 1 is 1.03 bits per heavy atom. The zero-order chi connectivity index (χ0) is 20.3. The van der Waals surface area contributed by atoms with E-state index in [2.05, 4.69) is 45.1 Å². The third-order valence-electron chi connectivity index (χ3n) is 6.29. The molecule has 2 atom stereocenters. The van der Waals surface area contributed by atoms with Crippen molar-refractivity contribution in [3.05, 3.63) is 47.0 Å². The number of ketones is 1. The van der Waals surface area contributed by atoms with Crippen molar-refractivity contribution >= 4 is 22.9 Å². The van der Waals surface area contributed by atoms with Gasteiger partial charge >= 0.3 is 0 Å². The van der Waals surface area contributed by atoms with Crippen LogP contribution in [0.5, 0.6) is 11.5 Å². The molecule has 0 amide bonds. The number of aliphatic imine (C=N–C) groups is 1. The lowest BCUT2D eigenvalue weighted by atomic mass is 9.68. The van der Waals surface area contributed by atoms with Gasteiger partial charge in [-0.25, -0.2) is 0 Å². The molecule has 0 aromatic heterocycles. The van der Waals surface area contributed by atoms with Crippen molar-refractivity contribution in [3.8, 4) is 11.5 Å². The Morgan fingerprint density at radius 3 is 2.62 bits per heavy atom. The highest BCUT2D eigenvalue weighted by atomic mass is 16.7. The van der Waals surface area contributed by atoms with Crippen LogP contribution in [0.2, 0.25) is 0 Å². The van der Waals surface area contributed by atoms with E-state index >= 15 is 0 Å². The maximum absolute atomic E-state index is 13.3. The number of Topliss-reactive ketones (excluding diaryl/α,β-unsaturated/α-hetero) is 1. The Morgan fingerprint density at radius 2 is 1.79 bits per heavy atom. The van der Waals surface area contributed by atoms with Crippen LogP contribution in [0, 0.1) is 25.2 Å². The lowest BCUT2D eigenvalue weighted by Gasteiger charge is -2.37. The SMILES string of the molecule is Cc1cc2c(cc1C)N[C@@H](c1ccc3c(c1)OCO3)C1C(=O)CC(C)(C)CC1=N2. The van der Waals surface area contributed by atoms with Gasteiger partial charge in [0, 0.05) is 12.1 Å². The first kappa shape index (κ1) is 18.2. The quantitative estimate of drug-likeness (QED) is 0.720. The molecule has 150 valence electrons. The summed E-state index contributed by atoms with van der Waals surface area (Å²) in [6.07, 6.45) is 1.38. The van der Waals surface area contributed by atoms with E-state index in [0.29, 0.717) is 6.42 Å². The van der Waals surface area contributed by atoms with Gasteiger partial charge in [0.25, 0.3) is 0 Å². The summed E-state index contributed by atoms with van der Waals surface area (Å²) in [5.74, 6) is 1.45. The molecule has 1 aliphatic carbocycles. The average molecular weight is 390 g/mol. The molecule has 2 aromatic rings. The molecule has 29 heavy (non-hydrogen) atoms. The molecule has 0 radical (unpaired) electrons. The number of benzene rings is 2. The number of anilines is 1. The highest BCUT2D eigenvalue weighted by Gasteiger charge is 2.44. The summed E-state index contributed by atoms with van der Waals surface area (Å²) in [5.41, 5.74) is 6.22. The third kappa shape index (κ3) is 3.09. The summed E-state index contributed by atoms with van der Waals surface area (Å²) in [6, 6.07) is 10.0. The predicted molar refractivity (Wildman–Crippen MR) is 113 cm³/mol. The van der Waals surface area contributed by atoms with Gasteiger partial charge in [-0.3, -0.25) is 9.79 Å². The summed E-state index contributed by atoms with van der Waals surface area (Å²) < 4.78 is 11.1. The minimum absolute atomic E-state index is 0.0733. The van der Waals surface area contributed by atoms with Gasteiger partial charge in [0.15, 0.2) is 11.5 Å². The Kier molecular flexibility index (Phi) is 3.99. The number of nitrogens with one attached hydrogen (secondary N) is 1. The van der Waals surface area contributed by atoms with Crippen molar-refractivity contribution in [1.29, 1.82) is 0 Å². The standard InChI is InChI=1S/C24H26N2O3/c1-13-7-16-17(8-14(13)2)26-23(15-5-6-20-21(9-15)29-12-28-20)22-18(25-16)10-24(3,4)11-19(22)27/h5-9,22-23,26H,10-12H2,1-4H3/t22?,23-/m0/s1. The van der Waals surface area contributed by atoms with Crippen LogP contribution in [0.1, 0.15) is 49.4 Å². The van der Waals surface area contributed by atoms with Crippen molar-refractivity contribution < 1.29 is 14.3 Å². The lowest BCUT2D eigenvalue weighted by molar-refractivity contribution is -0.124. The summed E-state index contributed by atoms with van der Waals surface area (Å²) in [4.78, 5) is 18.4. The zero-order valence-electron chi connectivity index (χ0n) is 17.3. The minimum Gasteiger partial charge on any atom is -0.454 e. The van der Waals surface area contributed by atoms with Gasteiger partial charge in [-0.2, -0.15) is 0 Å². The van der Waals surface area contributed by atoms with E-state index in [1.807, 2.05) is 18.2 Å². The Hall–Kier alpha value is -2.82. The summed E-state index contributed by atoms with van der Waals surface area (Å²) in [6.45, 7) is 8.74. The average Bonchev–Trinajstić information content (AvgIpc) is 3.05. The van der Waals surface area contributed by atoms with Crippen molar-refractivity contribution in [2.24, 2.45) is 16.3 Å². The van der Waals surface area contributed by atoms with Crippen molar-refractivity contribution in [1.82, 2.24) is 0 Å². The van der Waals surface area contributed by atoms with E-state index in [-0.39, 0.29) is 30.0 Å². The Labute approximate surface area is 171 Å². The van der Waals surface area contributed by atoms with Crippen LogP contribution in [0.25, 0.3) is 0 Å². The molecule has 1 fully saturated rings. The zero-order valence-corrected chi connectivity index (χ0v) is 17.3. The molecule has 5 nitrogen and oxygen atoms in total. The highest BCUT2D eigenvalue weighted by Crippen LogP contribution is 2.46. The van der Waals surface area contributed by atoms with Gasteiger partial charge in [0.05, 0.1) is 23.3 Å². The van der Waals surface area contributed by atoms with Crippen LogP contribution >= 0.6 is 0 Å². The lowest BCUT2D eigenvalue weighted by Crippen LogP contribution is -2.42. The molecule has 3 aliphatic rings. The number of carbonyl (C=O) groups is 1. The number of hydrogen-bond donors (Lipinski definition) is 1. The molecule has 0 bridgehead atoms. The minimum atomic E-state index is -0.281. The first-order valence-corrected chi connectivity index (χ1v) is 10.2. The molecule has 1 unspecified atom stereocenters. The number of hydrogen-bond acceptors (Lipinski definition) is 5. The van der Waals surface area contributed by atoms with Crippen LogP contribution in [0.4, 0.5) is 11.4 Å². The molecule has 1 saturated carbocycles. The van der Waals surface area contributed by atoms with E-state index in [4.69, 9.17) is 14.5 Å². The van der Waals surface area contributed by atoms with Crippen LogP contribution < -0.4 is 14.8 Å². The molecule has 2 aliphatic heterocycles. The molecule has 2 aromatic carbocycles. The molecule has 1 N–H and O–H groups in total. The number of fused-ring (bicyclic) bond motifs is 3. The van der Waals surface area contributed by atoms with E-state index < -0.39 is 0 Å². The molecule has 5 heteroatoms.